The van der Waals surface area contributed by atoms with Gasteiger partial charge in [0.25, 0.3) is 0 Å². The lowest BCUT2D eigenvalue weighted by molar-refractivity contribution is 1.13. The number of aryl methyl sites for hydroxylation is 1. The van der Waals surface area contributed by atoms with Crippen LogP contribution in [0.5, 0.6) is 0 Å². The second-order valence-electron chi connectivity index (χ2n) is 2.44. The fourth-order valence-corrected chi connectivity index (χ4v) is 1.12. The van der Waals surface area contributed by atoms with Crippen LogP contribution in [0, 0.1) is 0 Å². The highest BCUT2D eigenvalue weighted by Gasteiger charge is 1.93. The van der Waals surface area contributed by atoms with E-state index in [-0.39, 0.29) is 0 Å². The van der Waals surface area contributed by atoms with Crippen LogP contribution in [0.25, 0.3) is 0 Å². The molecule has 0 amide bonds. The van der Waals surface area contributed by atoms with Crippen molar-refractivity contribution in [1.82, 2.24) is 0 Å². The molecule has 0 unspecified atom stereocenters. The summed E-state index contributed by atoms with van der Waals surface area (Å²) in [5.41, 5.74) is 2.59. The van der Waals surface area contributed by atoms with E-state index in [9.17, 15) is 0 Å². The fraction of sp³-hybridized carbons (Fsp3) is 0.500. The number of hydrogen-bond acceptors (Lipinski definition) is 1. The van der Waals surface area contributed by atoms with Crippen molar-refractivity contribution < 1.29 is 0 Å². The maximum absolute atomic E-state index is 3.99. The van der Waals surface area contributed by atoms with E-state index in [0.717, 1.165) is 6.42 Å². The minimum Gasteiger partial charge on any atom is -0.296 e. The molecule has 1 aromatic carbocycles. The van der Waals surface area contributed by atoms with Gasteiger partial charge in [-0.3, -0.25) is 4.99 Å². The van der Waals surface area contributed by atoms with Gasteiger partial charge in [-0.05, 0) is 17.5 Å². The first-order valence-electron chi connectivity index (χ1n) is 5.88. The lowest BCUT2D eigenvalue weighted by Gasteiger charge is -1.99. The number of benzene rings is 1. The average Bonchev–Trinajstić information content (AvgIpc) is 2.35. The van der Waals surface area contributed by atoms with Crippen LogP contribution in [0.15, 0.2) is 29.3 Å². The summed E-state index contributed by atoms with van der Waals surface area (Å²) < 4.78 is 0. The molecule has 15 heavy (non-hydrogen) atoms. The minimum absolute atomic E-state index is 1.07. The first kappa shape index (κ1) is 16.3. The molecule has 0 aliphatic rings. The van der Waals surface area contributed by atoms with Gasteiger partial charge < -0.3 is 0 Å². The van der Waals surface area contributed by atoms with Gasteiger partial charge >= 0.3 is 0 Å². The van der Waals surface area contributed by atoms with Crippen LogP contribution >= 0.6 is 0 Å². The Hall–Kier alpha value is -1.11. The molecule has 0 aliphatic heterocycles. The zero-order valence-corrected chi connectivity index (χ0v) is 11.0. The van der Waals surface area contributed by atoms with E-state index in [0.29, 0.717) is 0 Å². The minimum atomic E-state index is 1.07. The van der Waals surface area contributed by atoms with Gasteiger partial charge in [0.05, 0.1) is 0 Å². The van der Waals surface area contributed by atoms with Gasteiger partial charge in [0.15, 0.2) is 0 Å². The molecule has 0 N–H and O–H groups in total. The summed E-state index contributed by atoms with van der Waals surface area (Å²) in [6.07, 6.45) is 2.97. The van der Waals surface area contributed by atoms with Crippen molar-refractivity contribution in [3.05, 3.63) is 35.4 Å². The zero-order chi connectivity index (χ0) is 12.1. The molecule has 0 aliphatic carbocycles. The number of aliphatic imine (C=N–C) groups is 1. The van der Waals surface area contributed by atoms with Crippen LogP contribution in [0.3, 0.4) is 0 Å². The maximum Gasteiger partial charge on any atom is 0.0284 e. The number of hydrogen-bond donors (Lipinski definition) is 0. The Labute approximate surface area is 95.3 Å². The molecule has 0 radical (unpaired) electrons. The summed E-state index contributed by atoms with van der Waals surface area (Å²) in [6.45, 7) is 10.2. The number of rotatable bonds is 2. The second kappa shape index (κ2) is 12.9. The van der Waals surface area contributed by atoms with Crippen molar-refractivity contribution in [2.24, 2.45) is 4.99 Å². The molecule has 1 rings (SSSR count). The Morgan fingerprint density at radius 1 is 1.07 bits per heavy atom. The van der Waals surface area contributed by atoms with Crippen LogP contribution in [0.2, 0.25) is 0 Å². The van der Waals surface area contributed by atoms with E-state index < -0.39 is 0 Å². The molecule has 0 bridgehead atoms. The lowest BCUT2D eigenvalue weighted by Crippen LogP contribution is -1.89. The molecule has 1 nitrogen and oxygen atoms in total. The van der Waals surface area contributed by atoms with Gasteiger partial charge in [-0.1, -0.05) is 58.9 Å². The molecule has 0 fully saturated rings. The Morgan fingerprint density at radius 2 is 1.60 bits per heavy atom. The Morgan fingerprint density at radius 3 is 2.07 bits per heavy atom. The highest BCUT2D eigenvalue weighted by atomic mass is 14.6. The predicted molar refractivity (Wildman–Crippen MR) is 72.0 cm³/mol. The second-order valence-corrected chi connectivity index (χ2v) is 2.44. The normalized spacial score (nSPS) is 8.67. The van der Waals surface area contributed by atoms with Gasteiger partial charge in [0.2, 0.25) is 0 Å². The highest BCUT2D eigenvalue weighted by Crippen LogP contribution is 2.06. The van der Waals surface area contributed by atoms with Crippen molar-refractivity contribution in [2.45, 2.75) is 41.0 Å². The predicted octanol–water partition coefficient (Wildman–Crippen LogP) is 4.35. The molecule has 1 heteroatoms. The van der Waals surface area contributed by atoms with Gasteiger partial charge in [-0.25, -0.2) is 0 Å². The van der Waals surface area contributed by atoms with E-state index in [1.807, 2.05) is 40.0 Å². The summed E-state index contributed by atoms with van der Waals surface area (Å²) >= 11 is 0. The molecule has 0 atom stereocenters. The van der Waals surface area contributed by atoms with Gasteiger partial charge in [-0.15, -0.1) is 0 Å². The maximum atomic E-state index is 3.99. The van der Waals surface area contributed by atoms with Crippen molar-refractivity contribution in [3.8, 4) is 0 Å². The van der Waals surface area contributed by atoms with Crippen molar-refractivity contribution >= 4 is 6.21 Å². The van der Waals surface area contributed by atoms with Gasteiger partial charge in [0.1, 0.15) is 0 Å². The molecule has 0 saturated heterocycles. The monoisotopic (exact) mass is 207 g/mol. The molecule has 0 saturated carbocycles. The van der Waals surface area contributed by atoms with Crippen LogP contribution in [-0.4, -0.2) is 13.3 Å². The SMILES string of the molecule is CC.CC.CCc1ccccc1C=NC. The first-order chi connectivity index (χ1) is 7.38. The van der Waals surface area contributed by atoms with Crippen molar-refractivity contribution in [3.63, 3.8) is 0 Å². The van der Waals surface area contributed by atoms with Gasteiger partial charge in [-0.2, -0.15) is 0 Å². The lowest BCUT2D eigenvalue weighted by atomic mass is 10.1. The molecule has 86 valence electrons. The van der Waals surface area contributed by atoms with Crippen molar-refractivity contribution in [2.75, 3.05) is 7.05 Å². The molecule has 0 heterocycles. The number of nitrogens with zero attached hydrogens (tertiary/aromatic N) is 1. The summed E-state index contributed by atoms with van der Waals surface area (Å²) in [7, 11) is 1.80. The Balaban J connectivity index is 0. The zero-order valence-electron chi connectivity index (χ0n) is 11.0. The third-order valence-corrected chi connectivity index (χ3v) is 1.70. The van der Waals surface area contributed by atoms with E-state index in [1.165, 1.54) is 11.1 Å². The highest BCUT2D eigenvalue weighted by molar-refractivity contribution is 5.81. The summed E-state index contributed by atoms with van der Waals surface area (Å²) in [6, 6.07) is 8.32. The van der Waals surface area contributed by atoms with Gasteiger partial charge in [0, 0.05) is 13.3 Å². The standard InChI is InChI=1S/C10H13N.2C2H6/c1-3-9-6-4-5-7-10(9)8-11-2;2*1-2/h4-8H,3H2,1-2H3;2*1-2H3. The van der Waals surface area contributed by atoms with Crippen LogP contribution in [0.1, 0.15) is 45.7 Å². The molecular weight excluding hydrogens is 182 g/mol. The smallest absolute Gasteiger partial charge is 0.0284 e. The Kier molecular flexibility index (Phi) is 14.0. The fourth-order valence-electron chi connectivity index (χ4n) is 1.12. The van der Waals surface area contributed by atoms with E-state index >= 15 is 0 Å². The average molecular weight is 207 g/mol. The van der Waals surface area contributed by atoms with Crippen molar-refractivity contribution in [1.29, 1.82) is 0 Å². The summed E-state index contributed by atoms with van der Waals surface area (Å²) in [5, 5.41) is 0. The largest absolute Gasteiger partial charge is 0.296 e. The van der Waals surface area contributed by atoms with Crippen LogP contribution < -0.4 is 0 Å². The third-order valence-electron chi connectivity index (χ3n) is 1.70. The molecule has 0 aromatic heterocycles. The van der Waals surface area contributed by atoms with E-state index in [4.69, 9.17) is 0 Å². The third kappa shape index (κ3) is 6.89. The molecular formula is C14H25N. The summed E-state index contributed by atoms with van der Waals surface area (Å²) in [5.74, 6) is 0. The topological polar surface area (TPSA) is 12.4 Å². The van der Waals surface area contributed by atoms with E-state index in [1.54, 1.807) is 7.05 Å². The quantitative estimate of drug-likeness (QED) is 0.639. The van der Waals surface area contributed by atoms with Crippen LogP contribution in [-0.2, 0) is 6.42 Å². The van der Waals surface area contributed by atoms with Crippen LogP contribution in [0.4, 0.5) is 0 Å². The molecule has 0 spiro atoms. The summed E-state index contributed by atoms with van der Waals surface area (Å²) in [4.78, 5) is 3.99. The van der Waals surface area contributed by atoms with E-state index in [2.05, 4.69) is 30.1 Å². The molecule has 1 aromatic rings. The first-order valence-corrected chi connectivity index (χ1v) is 5.88. The Bertz CT molecular complexity index is 251.